The zero-order valence-corrected chi connectivity index (χ0v) is 18.2. The number of allylic oxidation sites excluding steroid dienone is 3. The number of esters is 1. The fraction of sp³-hybridized carbons (Fsp3) is 0.391. The number of carbonyl (C=O) groups is 2. The van der Waals surface area contributed by atoms with Gasteiger partial charge in [-0.3, -0.25) is 9.59 Å². The first kappa shape index (κ1) is 26.1. The number of benzene rings is 1. The van der Waals surface area contributed by atoms with E-state index in [0.717, 1.165) is 0 Å². The molecule has 0 saturated heterocycles. The number of hydrogen-bond donors (Lipinski definition) is 2. The van der Waals surface area contributed by atoms with Crippen molar-refractivity contribution in [3.8, 4) is 5.75 Å². The van der Waals surface area contributed by atoms with Crippen molar-refractivity contribution in [3.63, 3.8) is 0 Å². The van der Waals surface area contributed by atoms with Gasteiger partial charge in [-0.25, -0.2) is 0 Å². The summed E-state index contributed by atoms with van der Waals surface area (Å²) in [6, 6.07) is 6.10. The molecule has 0 radical (unpaired) electrons. The molecule has 1 atom stereocenters. The second kappa shape index (κ2) is 13.3. The maximum absolute atomic E-state index is 12.3. The van der Waals surface area contributed by atoms with Gasteiger partial charge < -0.3 is 20.5 Å². The molecule has 1 unspecified atom stereocenters. The second-order valence-corrected chi connectivity index (χ2v) is 6.83. The molecule has 0 heterocycles. The Morgan fingerprint density at radius 3 is 2.38 bits per heavy atom. The van der Waals surface area contributed by atoms with E-state index < -0.39 is 17.6 Å². The molecule has 0 fully saturated rings. The van der Waals surface area contributed by atoms with Crippen LogP contribution in [0.3, 0.4) is 0 Å². The zero-order valence-electron chi connectivity index (χ0n) is 18.2. The Kier molecular flexibility index (Phi) is 12.0. The molecule has 29 heavy (non-hydrogen) atoms. The molecule has 1 amide bonds. The van der Waals surface area contributed by atoms with E-state index >= 15 is 0 Å². The topological polar surface area (TPSA) is 90.6 Å². The summed E-state index contributed by atoms with van der Waals surface area (Å²) in [5, 5.41) is 2.73. The second-order valence-electron chi connectivity index (χ2n) is 6.83. The zero-order chi connectivity index (χ0) is 22.4. The highest BCUT2D eigenvalue weighted by Gasteiger charge is 2.20. The Balaban J connectivity index is 0.00000379. The van der Waals surface area contributed by atoms with Crippen molar-refractivity contribution in [2.75, 3.05) is 5.32 Å². The highest BCUT2D eigenvalue weighted by Crippen LogP contribution is 2.26. The Hall–Kier alpha value is -2.86. The van der Waals surface area contributed by atoms with Gasteiger partial charge in [-0.1, -0.05) is 45.2 Å². The standard InChI is InChI=1S/C21H28N2O4.C2H6/c1-6-10-15(7-2)26-18-12-9-8-11-17(18)23-20(25)16(22)13-14-19(24)27-21(3,4)5;1-2/h6-12,16H,1-2,13-14,22H2,3-5H3,(H,23,25);1-2H3/b15-10+;. The maximum Gasteiger partial charge on any atom is 0.306 e. The van der Waals surface area contributed by atoms with Crippen molar-refractivity contribution in [1.82, 2.24) is 0 Å². The van der Waals surface area contributed by atoms with Crippen LogP contribution in [0.1, 0.15) is 47.5 Å². The van der Waals surface area contributed by atoms with Crippen LogP contribution < -0.4 is 15.8 Å². The van der Waals surface area contributed by atoms with Crippen LogP contribution in [0, 0.1) is 0 Å². The molecule has 160 valence electrons. The van der Waals surface area contributed by atoms with E-state index in [2.05, 4.69) is 18.5 Å². The Bertz CT molecular complexity index is 718. The average Bonchev–Trinajstić information content (AvgIpc) is 2.67. The molecule has 0 aliphatic carbocycles. The number of nitrogens with one attached hydrogen (secondary N) is 1. The Morgan fingerprint density at radius 1 is 1.21 bits per heavy atom. The quantitative estimate of drug-likeness (QED) is 0.354. The summed E-state index contributed by atoms with van der Waals surface area (Å²) in [4.78, 5) is 24.1. The van der Waals surface area contributed by atoms with Crippen LogP contribution in [0.2, 0.25) is 0 Å². The van der Waals surface area contributed by atoms with Crippen molar-refractivity contribution < 1.29 is 19.1 Å². The molecule has 6 heteroatoms. The number of hydrogen-bond acceptors (Lipinski definition) is 5. The molecule has 1 rings (SSSR count). The number of rotatable bonds is 9. The number of anilines is 1. The lowest BCUT2D eigenvalue weighted by molar-refractivity contribution is -0.155. The normalized spacial score (nSPS) is 12.0. The van der Waals surface area contributed by atoms with Crippen LogP contribution in [-0.4, -0.2) is 23.5 Å². The van der Waals surface area contributed by atoms with E-state index in [1.54, 1.807) is 57.2 Å². The molecule has 0 bridgehead atoms. The van der Waals surface area contributed by atoms with Crippen LogP contribution in [0.25, 0.3) is 0 Å². The molecular weight excluding hydrogens is 368 g/mol. The van der Waals surface area contributed by atoms with Gasteiger partial charge in [0.2, 0.25) is 5.91 Å². The number of amides is 1. The van der Waals surface area contributed by atoms with Crippen molar-refractivity contribution in [1.29, 1.82) is 0 Å². The van der Waals surface area contributed by atoms with E-state index in [4.69, 9.17) is 15.2 Å². The van der Waals surface area contributed by atoms with E-state index in [9.17, 15) is 9.59 Å². The summed E-state index contributed by atoms with van der Waals surface area (Å²) in [5.74, 6) is 0.126. The summed E-state index contributed by atoms with van der Waals surface area (Å²) in [7, 11) is 0. The number of ether oxygens (including phenoxy) is 2. The van der Waals surface area contributed by atoms with Crippen molar-refractivity contribution in [2.45, 2.75) is 59.1 Å². The maximum atomic E-state index is 12.3. The molecule has 6 nitrogen and oxygen atoms in total. The van der Waals surface area contributed by atoms with Crippen LogP contribution in [0.15, 0.2) is 61.4 Å². The molecular formula is C23H34N2O4. The minimum absolute atomic E-state index is 0.0622. The minimum Gasteiger partial charge on any atom is -0.460 e. The first-order valence-electron chi connectivity index (χ1n) is 9.66. The third-order valence-electron chi connectivity index (χ3n) is 3.27. The van der Waals surface area contributed by atoms with Gasteiger partial charge in [-0.15, -0.1) is 0 Å². The molecule has 3 N–H and O–H groups in total. The fourth-order valence-corrected chi connectivity index (χ4v) is 2.07. The molecule has 0 aromatic heterocycles. The lowest BCUT2D eigenvalue weighted by Gasteiger charge is -2.20. The number of para-hydroxylation sites is 2. The fourth-order valence-electron chi connectivity index (χ4n) is 2.07. The summed E-state index contributed by atoms with van der Waals surface area (Å²) in [6.45, 7) is 16.6. The average molecular weight is 403 g/mol. The monoisotopic (exact) mass is 402 g/mol. The highest BCUT2D eigenvalue weighted by atomic mass is 16.6. The predicted molar refractivity (Wildman–Crippen MR) is 119 cm³/mol. The lowest BCUT2D eigenvalue weighted by atomic mass is 10.1. The van der Waals surface area contributed by atoms with Crippen LogP contribution in [0.5, 0.6) is 5.75 Å². The first-order valence-corrected chi connectivity index (χ1v) is 9.66. The van der Waals surface area contributed by atoms with Gasteiger partial charge in [0.05, 0.1) is 11.7 Å². The summed E-state index contributed by atoms with van der Waals surface area (Å²) in [6.07, 6.45) is 5.00. The molecule has 0 aliphatic rings. The smallest absolute Gasteiger partial charge is 0.306 e. The Labute approximate surface area is 174 Å². The van der Waals surface area contributed by atoms with Crippen LogP contribution >= 0.6 is 0 Å². The predicted octanol–water partition coefficient (Wildman–Crippen LogP) is 4.74. The molecule has 0 aliphatic heterocycles. The van der Waals surface area contributed by atoms with Gasteiger partial charge in [-0.05, 0) is 51.5 Å². The Morgan fingerprint density at radius 2 is 1.83 bits per heavy atom. The molecule has 0 saturated carbocycles. The van der Waals surface area contributed by atoms with Gasteiger partial charge in [0, 0.05) is 6.42 Å². The number of nitrogens with two attached hydrogens (primary N) is 1. The highest BCUT2D eigenvalue weighted by molar-refractivity contribution is 5.96. The van der Waals surface area contributed by atoms with Gasteiger partial charge in [-0.2, -0.15) is 0 Å². The largest absolute Gasteiger partial charge is 0.460 e. The van der Waals surface area contributed by atoms with Crippen molar-refractivity contribution in [3.05, 3.63) is 61.4 Å². The first-order chi connectivity index (χ1) is 13.7. The number of carbonyl (C=O) groups excluding carboxylic acids is 2. The van der Waals surface area contributed by atoms with E-state index in [0.29, 0.717) is 17.2 Å². The van der Waals surface area contributed by atoms with Crippen LogP contribution in [-0.2, 0) is 14.3 Å². The lowest BCUT2D eigenvalue weighted by Crippen LogP contribution is -2.36. The SMILES string of the molecule is C=C/C=C(\C=C)Oc1ccccc1NC(=O)C(N)CCC(=O)OC(C)(C)C.CC. The summed E-state index contributed by atoms with van der Waals surface area (Å²) in [5.41, 5.74) is 5.80. The van der Waals surface area contributed by atoms with Crippen LogP contribution in [0.4, 0.5) is 5.69 Å². The minimum atomic E-state index is -0.854. The van der Waals surface area contributed by atoms with Crippen molar-refractivity contribution >= 4 is 17.6 Å². The van der Waals surface area contributed by atoms with Gasteiger partial charge in [0.15, 0.2) is 5.75 Å². The summed E-state index contributed by atoms with van der Waals surface area (Å²) >= 11 is 0. The van der Waals surface area contributed by atoms with E-state index in [-0.39, 0.29) is 18.8 Å². The van der Waals surface area contributed by atoms with E-state index in [1.165, 1.54) is 6.08 Å². The molecule has 1 aromatic carbocycles. The summed E-state index contributed by atoms with van der Waals surface area (Å²) < 4.78 is 10.9. The van der Waals surface area contributed by atoms with Gasteiger partial charge in [0.25, 0.3) is 0 Å². The van der Waals surface area contributed by atoms with Gasteiger partial charge in [0.1, 0.15) is 11.4 Å². The van der Waals surface area contributed by atoms with Gasteiger partial charge >= 0.3 is 5.97 Å². The molecule has 1 aromatic rings. The molecule has 0 spiro atoms. The van der Waals surface area contributed by atoms with E-state index in [1.807, 2.05) is 13.8 Å². The van der Waals surface area contributed by atoms with Crippen molar-refractivity contribution in [2.24, 2.45) is 5.73 Å². The third-order valence-corrected chi connectivity index (χ3v) is 3.27. The third kappa shape index (κ3) is 10.9.